The van der Waals surface area contributed by atoms with Crippen molar-refractivity contribution in [3.8, 4) is 5.75 Å². The number of para-hydroxylation sites is 1. The van der Waals surface area contributed by atoms with E-state index in [0.717, 1.165) is 6.26 Å². The molecule has 1 rings (SSSR count). The van der Waals surface area contributed by atoms with Crippen LogP contribution in [0.4, 0.5) is 5.69 Å². The van der Waals surface area contributed by atoms with E-state index in [0.29, 0.717) is 0 Å². The van der Waals surface area contributed by atoms with Gasteiger partial charge in [0.05, 0.1) is 17.0 Å². The highest BCUT2D eigenvalue weighted by Gasteiger charge is 2.18. The molecule has 0 radical (unpaired) electrons. The molecule has 0 bridgehead atoms. The van der Waals surface area contributed by atoms with E-state index in [9.17, 15) is 18.3 Å². The molecule has 0 heterocycles. The van der Waals surface area contributed by atoms with Gasteiger partial charge in [-0.15, -0.1) is 0 Å². The van der Waals surface area contributed by atoms with Crippen LogP contribution in [0.25, 0.3) is 0 Å². The summed E-state index contributed by atoms with van der Waals surface area (Å²) in [5, 5.41) is 9.65. The zero-order valence-electron chi connectivity index (χ0n) is 10.3. The number of carbonyl (C=O) groups excluding carboxylic acids is 1. The van der Waals surface area contributed by atoms with E-state index in [4.69, 9.17) is 5.73 Å². The predicted molar refractivity (Wildman–Crippen MR) is 69.2 cm³/mol. The van der Waals surface area contributed by atoms with Crippen molar-refractivity contribution in [3.63, 3.8) is 0 Å². The molecular weight excluding hydrogens is 256 g/mol. The van der Waals surface area contributed by atoms with Crippen molar-refractivity contribution in [3.05, 3.63) is 23.8 Å². The summed E-state index contributed by atoms with van der Waals surface area (Å²) in [6.07, 6.45) is 1.10. The van der Waals surface area contributed by atoms with Gasteiger partial charge in [0.15, 0.2) is 5.75 Å². The summed E-state index contributed by atoms with van der Waals surface area (Å²) in [7, 11) is -1.67. The molecule has 6 nitrogen and oxygen atoms in total. The van der Waals surface area contributed by atoms with Crippen LogP contribution >= 0.6 is 0 Å². The van der Waals surface area contributed by atoms with Crippen LogP contribution in [0.1, 0.15) is 10.4 Å². The van der Waals surface area contributed by atoms with E-state index in [-0.39, 0.29) is 29.3 Å². The molecule has 100 valence electrons. The molecule has 3 N–H and O–H groups in total. The number of anilines is 1. The van der Waals surface area contributed by atoms with E-state index in [1.807, 2.05) is 0 Å². The second kappa shape index (κ2) is 5.26. The van der Waals surface area contributed by atoms with Crippen LogP contribution in [0.3, 0.4) is 0 Å². The third-order valence-electron chi connectivity index (χ3n) is 2.44. The summed E-state index contributed by atoms with van der Waals surface area (Å²) < 4.78 is 22.0. The molecule has 18 heavy (non-hydrogen) atoms. The lowest BCUT2D eigenvalue weighted by atomic mass is 10.1. The zero-order chi connectivity index (χ0) is 13.9. The fraction of sp³-hybridized carbons (Fsp3) is 0.364. The van der Waals surface area contributed by atoms with Crippen molar-refractivity contribution < 1.29 is 18.3 Å². The van der Waals surface area contributed by atoms with E-state index in [1.165, 1.54) is 24.1 Å². The maximum atomic E-state index is 12.0. The number of amides is 1. The van der Waals surface area contributed by atoms with E-state index in [1.54, 1.807) is 6.07 Å². The van der Waals surface area contributed by atoms with E-state index in [2.05, 4.69) is 0 Å². The molecule has 0 saturated heterocycles. The Hall–Kier alpha value is -1.76. The smallest absolute Gasteiger partial charge is 0.257 e. The van der Waals surface area contributed by atoms with Crippen LogP contribution in [0.2, 0.25) is 0 Å². The van der Waals surface area contributed by atoms with Gasteiger partial charge in [0, 0.05) is 19.8 Å². The van der Waals surface area contributed by atoms with Crippen molar-refractivity contribution in [2.75, 3.05) is 31.3 Å². The number of carbonyl (C=O) groups is 1. The minimum atomic E-state index is -3.13. The number of phenols is 1. The van der Waals surface area contributed by atoms with Gasteiger partial charge in [-0.2, -0.15) is 0 Å². The summed E-state index contributed by atoms with van der Waals surface area (Å²) in [6, 6.07) is 4.46. The number of aromatic hydroxyl groups is 1. The van der Waals surface area contributed by atoms with Crippen molar-refractivity contribution in [1.29, 1.82) is 0 Å². The maximum Gasteiger partial charge on any atom is 0.257 e. The third kappa shape index (κ3) is 3.63. The standard InChI is InChI=1S/C11H16N2O4S/c1-13(6-7-18(2,16)17)11(15)8-4-3-5-9(12)10(8)14/h3-5,14H,6-7,12H2,1-2H3. The Morgan fingerprint density at radius 1 is 1.44 bits per heavy atom. The summed E-state index contributed by atoms with van der Waals surface area (Å²) in [4.78, 5) is 13.2. The Balaban J connectivity index is 2.84. The lowest BCUT2D eigenvalue weighted by Crippen LogP contribution is -2.31. The molecule has 0 fully saturated rings. The second-order valence-electron chi connectivity index (χ2n) is 4.10. The minimum absolute atomic E-state index is 0.0611. The first kappa shape index (κ1) is 14.3. The number of sulfone groups is 1. The molecule has 1 amide bonds. The Bertz CT molecular complexity index is 554. The van der Waals surface area contributed by atoms with Crippen molar-refractivity contribution in [2.24, 2.45) is 0 Å². The Morgan fingerprint density at radius 2 is 2.06 bits per heavy atom. The average molecular weight is 272 g/mol. The SMILES string of the molecule is CN(CCS(C)(=O)=O)C(=O)c1cccc(N)c1O. The Labute approximate surface area is 106 Å². The Morgan fingerprint density at radius 3 is 2.61 bits per heavy atom. The van der Waals surface area contributed by atoms with Gasteiger partial charge >= 0.3 is 0 Å². The van der Waals surface area contributed by atoms with Gasteiger partial charge in [-0.3, -0.25) is 4.79 Å². The quantitative estimate of drug-likeness (QED) is 0.597. The number of benzene rings is 1. The number of nitrogens with two attached hydrogens (primary N) is 1. The molecule has 0 atom stereocenters. The fourth-order valence-electron chi connectivity index (χ4n) is 1.34. The lowest BCUT2D eigenvalue weighted by Gasteiger charge is -2.17. The molecule has 0 aromatic heterocycles. The zero-order valence-corrected chi connectivity index (χ0v) is 11.1. The molecule has 1 aromatic rings. The molecule has 0 aliphatic heterocycles. The molecule has 1 aromatic carbocycles. The molecule has 0 aliphatic rings. The summed E-state index contributed by atoms with van der Waals surface area (Å²) in [5.41, 5.74) is 5.65. The van der Waals surface area contributed by atoms with Crippen LogP contribution in [-0.4, -0.2) is 49.9 Å². The first-order chi connectivity index (χ1) is 8.22. The molecule has 0 unspecified atom stereocenters. The first-order valence-corrected chi connectivity index (χ1v) is 7.29. The number of phenolic OH excluding ortho intramolecular Hbond substituents is 1. The fourth-order valence-corrected chi connectivity index (χ4v) is 1.95. The number of hydrogen-bond acceptors (Lipinski definition) is 5. The van der Waals surface area contributed by atoms with Gasteiger partial charge in [-0.05, 0) is 12.1 Å². The van der Waals surface area contributed by atoms with Gasteiger partial charge in [-0.25, -0.2) is 8.42 Å². The van der Waals surface area contributed by atoms with Crippen molar-refractivity contribution in [1.82, 2.24) is 4.90 Å². The molecule has 7 heteroatoms. The van der Waals surface area contributed by atoms with Crippen LogP contribution in [0.5, 0.6) is 5.75 Å². The average Bonchev–Trinajstić information content (AvgIpc) is 2.28. The highest BCUT2D eigenvalue weighted by Crippen LogP contribution is 2.25. The predicted octanol–water partition coefficient (Wildman–Crippen LogP) is 0.0910. The maximum absolute atomic E-state index is 12.0. The normalized spacial score (nSPS) is 11.2. The van der Waals surface area contributed by atoms with Crippen molar-refractivity contribution in [2.45, 2.75) is 0 Å². The largest absolute Gasteiger partial charge is 0.505 e. The Kier molecular flexibility index (Phi) is 4.18. The van der Waals surface area contributed by atoms with Crippen LogP contribution in [0.15, 0.2) is 18.2 Å². The van der Waals surface area contributed by atoms with E-state index < -0.39 is 15.7 Å². The number of nitrogens with zero attached hydrogens (tertiary/aromatic N) is 1. The van der Waals surface area contributed by atoms with Crippen LogP contribution in [0, 0.1) is 0 Å². The second-order valence-corrected chi connectivity index (χ2v) is 6.36. The molecule has 0 spiro atoms. The minimum Gasteiger partial charge on any atom is -0.505 e. The number of nitrogen functional groups attached to an aromatic ring is 1. The van der Waals surface area contributed by atoms with Gasteiger partial charge in [-0.1, -0.05) is 6.07 Å². The molecule has 0 aliphatic carbocycles. The number of hydrogen-bond donors (Lipinski definition) is 2. The third-order valence-corrected chi connectivity index (χ3v) is 3.37. The van der Waals surface area contributed by atoms with Gasteiger partial charge < -0.3 is 15.7 Å². The van der Waals surface area contributed by atoms with Crippen LogP contribution in [-0.2, 0) is 9.84 Å². The first-order valence-electron chi connectivity index (χ1n) is 5.23. The van der Waals surface area contributed by atoms with Gasteiger partial charge in [0.1, 0.15) is 9.84 Å². The summed E-state index contributed by atoms with van der Waals surface area (Å²) in [5.74, 6) is -0.879. The van der Waals surface area contributed by atoms with Crippen LogP contribution < -0.4 is 5.73 Å². The highest BCUT2D eigenvalue weighted by molar-refractivity contribution is 7.90. The van der Waals surface area contributed by atoms with Gasteiger partial charge in [0.25, 0.3) is 5.91 Å². The number of rotatable bonds is 4. The monoisotopic (exact) mass is 272 g/mol. The van der Waals surface area contributed by atoms with E-state index >= 15 is 0 Å². The van der Waals surface area contributed by atoms with Crippen molar-refractivity contribution >= 4 is 21.4 Å². The van der Waals surface area contributed by atoms with Gasteiger partial charge in [0.2, 0.25) is 0 Å². The summed E-state index contributed by atoms with van der Waals surface area (Å²) >= 11 is 0. The molecule has 0 saturated carbocycles. The lowest BCUT2D eigenvalue weighted by molar-refractivity contribution is 0.0800. The molecular formula is C11H16N2O4S. The summed E-state index contributed by atoms with van der Waals surface area (Å²) in [6.45, 7) is 0.0614. The topological polar surface area (TPSA) is 101 Å². The highest BCUT2D eigenvalue weighted by atomic mass is 32.2.